The Hall–Kier alpha value is -2.49. The van der Waals surface area contributed by atoms with Crippen LogP contribution in [0.3, 0.4) is 0 Å². The van der Waals surface area contributed by atoms with Gasteiger partial charge in [-0.1, -0.05) is 51.1 Å². The van der Waals surface area contributed by atoms with E-state index >= 15 is 0 Å². The zero-order valence-electron chi connectivity index (χ0n) is 17.7. The first kappa shape index (κ1) is 21.8. The molecule has 0 aromatic heterocycles. The van der Waals surface area contributed by atoms with Crippen molar-refractivity contribution in [1.82, 2.24) is 5.32 Å². The lowest BCUT2D eigenvalue weighted by atomic mass is 9.87. The second-order valence-corrected chi connectivity index (χ2v) is 7.97. The summed E-state index contributed by atoms with van der Waals surface area (Å²) in [6.45, 7) is 11.5. The Labute approximate surface area is 169 Å². The molecule has 2 rings (SSSR count). The fraction of sp³-hybridized carbons (Fsp3) is 0.458. The molecule has 4 nitrogen and oxygen atoms in total. The number of benzene rings is 2. The lowest BCUT2D eigenvalue weighted by Gasteiger charge is -2.20. The normalized spacial score (nSPS) is 12.3. The third kappa shape index (κ3) is 6.59. The van der Waals surface area contributed by atoms with Crippen LogP contribution in [0, 0.1) is 0 Å². The van der Waals surface area contributed by atoms with Crippen LogP contribution in [-0.2, 0) is 16.6 Å². The van der Waals surface area contributed by atoms with E-state index in [-0.39, 0.29) is 11.3 Å². The van der Waals surface area contributed by atoms with Crippen LogP contribution in [0.5, 0.6) is 11.5 Å². The van der Waals surface area contributed by atoms with Crippen LogP contribution < -0.4 is 14.8 Å². The average molecular weight is 384 g/mol. The number of carbonyl (C=O) groups is 1. The van der Waals surface area contributed by atoms with Gasteiger partial charge in [0, 0.05) is 6.54 Å². The quantitative estimate of drug-likeness (QED) is 0.627. The van der Waals surface area contributed by atoms with E-state index in [2.05, 4.69) is 44.3 Å². The van der Waals surface area contributed by atoms with Crippen molar-refractivity contribution in [3.63, 3.8) is 0 Å². The SMILES string of the molecule is CCOc1ccccc1CCCNC(=O)[C@@H](C)Oc1ccc(C(C)(C)C)cc1. The van der Waals surface area contributed by atoms with Gasteiger partial charge in [-0.25, -0.2) is 0 Å². The first-order chi connectivity index (χ1) is 13.3. The van der Waals surface area contributed by atoms with Gasteiger partial charge in [0.2, 0.25) is 0 Å². The predicted octanol–water partition coefficient (Wildman–Crippen LogP) is 4.90. The van der Waals surface area contributed by atoms with Gasteiger partial charge in [0.1, 0.15) is 11.5 Å². The van der Waals surface area contributed by atoms with E-state index in [1.807, 2.05) is 37.3 Å². The van der Waals surface area contributed by atoms with Gasteiger partial charge in [-0.15, -0.1) is 0 Å². The molecule has 1 atom stereocenters. The second-order valence-electron chi connectivity index (χ2n) is 7.97. The van der Waals surface area contributed by atoms with E-state index in [0.717, 1.165) is 18.6 Å². The molecule has 4 heteroatoms. The summed E-state index contributed by atoms with van der Waals surface area (Å²) in [4.78, 5) is 12.3. The molecule has 0 saturated heterocycles. The van der Waals surface area contributed by atoms with Gasteiger partial charge in [0.25, 0.3) is 5.91 Å². The summed E-state index contributed by atoms with van der Waals surface area (Å²) in [5.41, 5.74) is 2.51. The molecule has 0 aliphatic carbocycles. The first-order valence-corrected chi connectivity index (χ1v) is 10.1. The van der Waals surface area contributed by atoms with Gasteiger partial charge in [-0.05, 0) is 61.4 Å². The fourth-order valence-corrected chi connectivity index (χ4v) is 2.93. The Bertz CT molecular complexity index is 747. The summed E-state index contributed by atoms with van der Waals surface area (Å²) < 4.78 is 11.4. The van der Waals surface area contributed by atoms with E-state index in [9.17, 15) is 4.79 Å². The van der Waals surface area contributed by atoms with Gasteiger partial charge in [0.05, 0.1) is 6.61 Å². The zero-order chi connectivity index (χ0) is 20.6. The largest absolute Gasteiger partial charge is 0.494 e. The van der Waals surface area contributed by atoms with Crippen molar-refractivity contribution in [2.24, 2.45) is 0 Å². The highest BCUT2D eigenvalue weighted by atomic mass is 16.5. The molecule has 0 aliphatic rings. The molecule has 0 unspecified atom stereocenters. The van der Waals surface area contributed by atoms with Crippen molar-refractivity contribution in [2.75, 3.05) is 13.2 Å². The Morgan fingerprint density at radius 2 is 1.75 bits per heavy atom. The minimum atomic E-state index is -0.531. The molecule has 0 aliphatic heterocycles. The second kappa shape index (κ2) is 10.2. The van der Waals surface area contributed by atoms with Crippen LogP contribution in [0.25, 0.3) is 0 Å². The number of nitrogens with one attached hydrogen (secondary N) is 1. The standard InChI is InChI=1S/C24H33NO3/c1-6-27-22-12-8-7-10-19(22)11-9-17-25-23(26)18(2)28-21-15-13-20(14-16-21)24(3,4)5/h7-8,10,12-16,18H,6,9,11,17H2,1-5H3,(H,25,26)/t18-/m1/s1. The first-order valence-electron chi connectivity index (χ1n) is 10.1. The Morgan fingerprint density at radius 3 is 2.39 bits per heavy atom. The highest BCUT2D eigenvalue weighted by Crippen LogP contribution is 2.24. The smallest absolute Gasteiger partial charge is 0.260 e. The predicted molar refractivity (Wildman–Crippen MR) is 114 cm³/mol. The number of aryl methyl sites for hydroxylation is 1. The van der Waals surface area contributed by atoms with Crippen LogP contribution in [0.15, 0.2) is 48.5 Å². The van der Waals surface area contributed by atoms with Crippen LogP contribution in [0.4, 0.5) is 0 Å². The van der Waals surface area contributed by atoms with Crippen molar-refractivity contribution in [2.45, 2.75) is 59.0 Å². The molecule has 0 saturated carbocycles. The van der Waals surface area contributed by atoms with Crippen molar-refractivity contribution in [1.29, 1.82) is 0 Å². The number of rotatable bonds is 9. The van der Waals surface area contributed by atoms with Crippen molar-refractivity contribution < 1.29 is 14.3 Å². The molecule has 2 aromatic rings. The monoisotopic (exact) mass is 383 g/mol. The minimum Gasteiger partial charge on any atom is -0.494 e. The maximum Gasteiger partial charge on any atom is 0.260 e. The molecule has 152 valence electrons. The van der Waals surface area contributed by atoms with Crippen molar-refractivity contribution >= 4 is 5.91 Å². The molecule has 1 N–H and O–H groups in total. The molecule has 0 spiro atoms. The minimum absolute atomic E-state index is 0.0991. The van der Waals surface area contributed by atoms with Crippen LogP contribution >= 0.6 is 0 Å². The number of hydrogen-bond acceptors (Lipinski definition) is 3. The third-order valence-electron chi connectivity index (χ3n) is 4.60. The molecule has 0 bridgehead atoms. The van der Waals surface area contributed by atoms with E-state index < -0.39 is 6.10 Å². The Balaban J connectivity index is 1.77. The van der Waals surface area contributed by atoms with Crippen LogP contribution in [0.1, 0.15) is 52.2 Å². The van der Waals surface area contributed by atoms with Gasteiger partial charge >= 0.3 is 0 Å². The molecule has 2 aromatic carbocycles. The van der Waals surface area contributed by atoms with E-state index in [4.69, 9.17) is 9.47 Å². The fourth-order valence-electron chi connectivity index (χ4n) is 2.93. The van der Waals surface area contributed by atoms with Gasteiger partial charge in [0.15, 0.2) is 6.10 Å². The summed E-state index contributed by atoms with van der Waals surface area (Å²) in [6, 6.07) is 16.0. The Morgan fingerprint density at radius 1 is 1.07 bits per heavy atom. The van der Waals surface area contributed by atoms with Crippen molar-refractivity contribution in [3.05, 3.63) is 59.7 Å². The number of ether oxygens (including phenoxy) is 2. The molecule has 0 fully saturated rings. The number of hydrogen-bond donors (Lipinski definition) is 1. The lowest BCUT2D eigenvalue weighted by Crippen LogP contribution is -2.36. The molecule has 0 radical (unpaired) electrons. The number of amides is 1. The van der Waals surface area contributed by atoms with E-state index in [0.29, 0.717) is 18.9 Å². The zero-order valence-corrected chi connectivity index (χ0v) is 17.7. The maximum atomic E-state index is 12.3. The lowest BCUT2D eigenvalue weighted by molar-refractivity contribution is -0.127. The molecular weight excluding hydrogens is 350 g/mol. The topological polar surface area (TPSA) is 47.6 Å². The maximum absolute atomic E-state index is 12.3. The van der Waals surface area contributed by atoms with Gasteiger partial charge < -0.3 is 14.8 Å². The van der Waals surface area contributed by atoms with Crippen LogP contribution in [-0.4, -0.2) is 25.2 Å². The van der Waals surface area contributed by atoms with E-state index in [1.54, 1.807) is 6.92 Å². The molecule has 0 heterocycles. The number of carbonyl (C=O) groups excluding carboxylic acids is 1. The van der Waals surface area contributed by atoms with Gasteiger partial charge in [-0.3, -0.25) is 4.79 Å². The third-order valence-corrected chi connectivity index (χ3v) is 4.60. The highest BCUT2D eigenvalue weighted by molar-refractivity contribution is 5.80. The molecular formula is C24H33NO3. The van der Waals surface area contributed by atoms with Gasteiger partial charge in [-0.2, -0.15) is 0 Å². The molecule has 28 heavy (non-hydrogen) atoms. The summed E-state index contributed by atoms with van der Waals surface area (Å²) in [6.07, 6.45) is 1.18. The van der Waals surface area contributed by atoms with Crippen molar-refractivity contribution in [3.8, 4) is 11.5 Å². The summed E-state index contributed by atoms with van der Waals surface area (Å²) >= 11 is 0. The summed E-state index contributed by atoms with van der Waals surface area (Å²) in [7, 11) is 0. The van der Waals surface area contributed by atoms with E-state index in [1.165, 1.54) is 11.1 Å². The summed E-state index contributed by atoms with van der Waals surface area (Å²) in [5.74, 6) is 1.53. The number of para-hydroxylation sites is 1. The Kier molecular flexibility index (Phi) is 7.91. The van der Waals surface area contributed by atoms with Crippen LogP contribution in [0.2, 0.25) is 0 Å². The summed E-state index contributed by atoms with van der Waals surface area (Å²) in [5, 5.41) is 2.96. The highest BCUT2D eigenvalue weighted by Gasteiger charge is 2.16. The molecule has 1 amide bonds. The average Bonchev–Trinajstić information content (AvgIpc) is 2.66.